The number of aromatic nitrogens is 1. The van der Waals surface area contributed by atoms with E-state index < -0.39 is 9.84 Å². The molecule has 5 heteroatoms. The van der Waals surface area contributed by atoms with E-state index in [4.69, 9.17) is 5.73 Å². The number of nitrogen functional groups attached to an aromatic ring is 1. The van der Waals surface area contributed by atoms with Crippen molar-refractivity contribution in [1.29, 1.82) is 0 Å². The molecule has 0 aliphatic carbocycles. The lowest BCUT2D eigenvalue weighted by Crippen LogP contribution is -2.06. The molecule has 4 nitrogen and oxygen atoms in total. The van der Waals surface area contributed by atoms with E-state index >= 15 is 0 Å². The zero-order valence-electron chi connectivity index (χ0n) is 11.2. The van der Waals surface area contributed by atoms with Crippen LogP contribution in [-0.4, -0.2) is 13.4 Å². The smallest absolute Gasteiger partial charge is 0.182 e. The van der Waals surface area contributed by atoms with Crippen LogP contribution in [0.1, 0.15) is 5.56 Å². The summed E-state index contributed by atoms with van der Waals surface area (Å²) in [7, 11) is -3.45. The molecule has 0 fully saturated rings. The van der Waals surface area contributed by atoms with E-state index in [1.807, 2.05) is 24.3 Å². The third-order valence-electron chi connectivity index (χ3n) is 3.28. The van der Waals surface area contributed by atoms with Crippen LogP contribution in [0.4, 0.5) is 5.69 Å². The highest BCUT2D eigenvalue weighted by Crippen LogP contribution is 2.22. The van der Waals surface area contributed by atoms with Crippen molar-refractivity contribution in [3.63, 3.8) is 0 Å². The normalized spacial score (nSPS) is 11.6. The Morgan fingerprint density at radius 3 is 2.57 bits per heavy atom. The van der Waals surface area contributed by atoms with E-state index in [0.29, 0.717) is 16.8 Å². The first-order valence-corrected chi connectivity index (χ1v) is 8.12. The topological polar surface area (TPSA) is 73.1 Å². The molecule has 3 aromatic rings. The van der Waals surface area contributed by atoms with E-state index in [-0.39, 0.29) is 10.6 Å². The molecule has 1 aromatic heterocycles. The van der Waals surface area contributed by atoms with E-state index in [1.54, 1.807) is 30.5 Å². The lowest BCUT2D eigenvalue weighted by Gasteiger charge is -2.08. The largest absolute Gasteiger partial charge is 0.399 e. The molecule has 0 saturated heterocycles. The van der Waals surface area contributed by atoms with Crippen LogP contribution in [-0.2, 0) is 15.6 Å². The predicted molar refractivity (Wildman–Crippen MR) is 83.5 cm³/mol. The van der Waals surface area contributed by atoms with Crippen molar-refractivity contribution in [3.05, 3.63) is 66.4 Å². The van der Waals surface area contributed by atoms with Crippen molar-refractivity contribution in [2.75, 3.05) is 5.73 Å². The van der Waals surface area contributed by atoms with E-state index in [0.717, 1.165) is 5.39 Å². The lowest BCUT2D eigenvalue weighted by molar-refractivity contribution is 0.595. The molecule has 106 valence electrons. The zero-order chi connectivity index (χ0) is 14.9. The maximum Gasteiger partial charge on any atom is 0.182 e. The van der Waals surface area contributed by atoms with Gasteiger partial charge in [0, 0.05) is 17.3 Å². The first-order chi connectivity index (χ1) is 10.1. The number of nitrogens with two attached hydrogens (primary N) is 1. The van der Waals surface area contributed by atoms with Gasteiger partial charge in [0.1, 0.15) is 0 Å². The van der Waals surface area contributed by atoms with Crippen molar-refractivity contribution in [2.45, 2.75) is 10.6 Å². The van der Waals surface area contributed by atoms with Crippen molar-refractivity contribution in [1.82, 2.24) is 4.98 Å². The molecule has 0 saturated carbocycles. The van der Waals surface area contributed by atoms with E-state index in [2.05, 4.69) is 4.98 Å². The Bertz CT molecular complexity index is 900. The fourth-order valence-electron chi connectivity index (χ4n) is 2.28. The fraction of sp³-hybridized carbons (Fsp3) is 0.0625. The number of hydrogen-bond donors (Lipinski definition) is 1. The van der Waals surface area contributed by atoms with Crippen LogP contribution < -0.4 is 5.73 Å². The molecule has 0 radical (unpaired) electrons. The van der Waals surface area contributed by atoms with Gasteiger partial charge in [-0.1, -0.05) is 30.3 Å². The summed E-state index contributed by atoms with van der Waals surface area (Å²) in [6.07, 6.45) is 1.67. The number of rotatable bonds is 3. The number of sulfone groups is 1. The summed E-state index contributed by atoms with van der Waals surface area (Å²) in [6.45, 7) is 0. The van der Waals surface area contributed by atoms with Gasteiger partial charge in [-0.15, -0.1) is 0 Å². The molecular formula is C16H14N2O2S. The number of para-hydroxylation sites is 1. The Kier molecular flexibility index (Phi) is 3.35. The summed E-state index contributed by atoms with van der Waals surface area (Å²) in [6, 6.07) is 15.6. The van der Waals surface area contributed by atoms with Crippen molar-refractivity contribution in [3.8, 4) is 0 Å². The molecule has 21 heavy (non-hydrogen) atoms. The predicted octanol–water partition coefficient (Wildman–Crippen LogP) is 2.79. The van der Waals surface area contributed by atoms with Gasteiger partial charge in [-0.25, -0.2) is 8.42 Å². The van der Waals surface area contributed by atoms with Gasteiger partial charge in [-0.3, -0.25) is 4.98 Å². The van der Waals surface area contributed by atoms with Gasteiger partial charge >= 0.3 is 0 Å². The highest BCUT2D eigenvalue weighted by molar-refractivity contribution is 7.90. The number of nitrogens with zero attached hydrogens (tertiary/aromatic N) is 1. The van der Waals surface area contributed by atoms with E-state index in [9.17, 15) is 8.42 Å². The minimum absolute atomic E-state index is 0.0925. The van der Waals surface area contributed by atoms with Gasteiger partial charge in [-0.2, -0.15) is 0 Å². The summed E-state index contributed by atoms with van der Waals surface area (Å²) in [5.74, 6) is -0.0925. The summed E-state index contributed by atoms with van der Waals surface area (Å²) >= 11 is 0. The standard InChI is InChI=1S/C16H14N2O2S/c17-14-7-2-8-15(10-14)21(19,20)11-13-5-1-4-12-6-3-9-18-16(12)13/h1-10H,11,17H2. The number of pyridine rings is 1. The number of hydrogen-bond acceptors (Lipinski definition) is 4. The highest BCUT2D eigenvalue weighted by Gasteiger charge is 2.17. The molecule has 1 heterocycles. The summed E-state index contributed by atoms with van der Waals surface area (Å²) in [5, 5.41) is 0.928. The molecule has 0 aliphatic heterocycles. The first kappa shape index (κ1) is 13.6. The third kappa shape index (κ3) is 2.73. The maximum absolute atomic E-state index is 12.5. The van der Waals surface area contributed by atoms with Gasteiger partial charge in [0.2, 0.25) is 0 Å². The van der Waals surface area contributed by atoms with Crippen molar-refractivity contribution >= 4 is 26.4 Å². The van der Waals surface area contributed by atoms with Gasteiger partial charge in [0.05, 0.1) is 16.2 Å². The second-order valence-corrected chi connectivity index (χ2v) is 6.81. The van der Waals surface area contributed by atoms with Gasteiger partial charge in [0.25, 0.3) is 0 Å². The van der Waals surface area contributed by atoms with Crippen LogP contribution in [0.15, 0.2) is 65.7 Å². The Labute approximate surface area is 123 Å². The average Bonchev–Trinajstić information content (AvgIpc) is 2.47. The number of benzene rings is 2. The Balaban J connectivity index is 2.06. The van der Waals surface area contributed by atoms with Crippen LogP contribution in [0.2, 0.25) is 0 Å². The fourth-order valence-corrected chi connectivity index (χ4v) is 3.69. The third-order valence-corrected chi connectivity index (χ3v) is 4.94. The summed E-state index contributed by atoms with van der Waals surface area (Å²) in [5.41, 5.74) is 7.51. The number of anilines is 1. The Hall–Kier alpha value is -2.40. The second-order valence-electron chi connectivity index (χ2n) is 4.82. The lowest BCUT2D eigenvalue weighted by atomic mass is 10.1. The molecule has 0 spiro atoms. The first-order valence-electron chi connectivity index (χ1n) is 6.47. The Morgan fingerprint density at radius 2 is 1.76 bits per heavy atom. The minimum Gasteiger partial charge on any atom is -0.399 e. The molecule has 0 unspecified atom stereocenters. The van der Waals surface area contributed by atoms with Gasteiger partial charge in [0.15, 0.2) is 9.84 Å². The monoisotopic (exact) mass is 298 g/mol. The molecule has 0 atom stereocenters. The highest BCUT2D eigenvalue weighted by atomic mass is 32.2. The van der Waals surface area contributed by atoms with Crippen LogP contribution in [0.3, 0.4) is 0 Å². The second kappa shape index (κ2) is 5.18. The van der Waals surface area contributed by atoms with Crippen molar-refractivity contribution in [2.24, 2.45) is 0 Å². The molecule has 0 bridgehead atoms. The summed E-state index contributed by atoms with van der Waals surface area (Å²) in [4.78, 5) is 4.52. The zero-order valence-corrected chi connectivity index (χ0v) is 12.0. The molecular weight excluding hydrogens is 284 g/mol. The van der Waals surface area contributed by atoms with Gasteiger partial charge < -0.3 is 5.73 Å². The van der Waals surface area contributed by atoms with Crippen LogP contribution in [0.25, 0.3) is 10.9 Å². The van der Waals surface area contributed by atoms with Gasteiger partial charge in [-0.05, 0) is 29.8 Å². The Morgan fingerprint density at radius 1 is 1.00 bits per heavy atom. The SMILES string of the molecule is Nc1cccc(S(=O)(=O)Cc2cccc3cccnc23)c1. The molecule has 3 rings (SSSR count). The quantitative estimate of drug-likeness (QED) is 0.755. The average molecular weight is 298 g/mol. The molecule has 0 amide bonds. The van der Waals surface area contributed by atoms with E-state index in [1.165, 1.54) is 6.07 Å². The van der Waals surface area contributed by atoms with Crippen molar-refractivity contribution < 1.29 is 8.42 Å². The minimum atomic E-state index is -3.45. The maximum atomic E-state index is 12.5. The molecule has 0 aliphatic rings. The van der Waals surface area contributed by atoms with Crippen LogP contribution >= 0.6 is 0 Å². The molecule has 2 N–H and O–H groups in total. The van der Waals surface area contributed by atoms with Crippen LogP contribution in [0.5, 0.6) is 0 Å². The number of fused-ring (bicyclic) bond motifs is 1. The van der Waals surface area contributed by atoms with Crippen LogP contribution in [0, 0.1) is 0 Å². The summed E-state index contributed by atoms with van der Waals surface area (Å²) < 4.78 is 25.0. The molecule has 2 aromatic carbocycles.